The largest absolute Gasteiger partial charge is 0.482 e. The monoisotopic (exact) mass is 526 g/mol. The number of halogens is 3. The maximum absolute atomic E-state index is 12.6. The van der Waals surface area contributed by atoms with Crippen LogP contribution in [0.1, 0.15) is 0 Å². The van der Waals surface area contributed by atoms with Gasteiger partial charge in [-0.15, -0.1) is 10.2 Å². The minimum Gasteiger partial charge on any atom is -0.482 e. The fourth-order valence-corrected chi connectivity index (χ4v) is 4.71. The van der Waals surface area contributed by atoms with Crippen LogP contribution in [0.4, 0.5) is 5.82 Å². The number of benzene rings is 3. The van der Waals surface area contributed by atoms with E-state index in [-0.39, 0.29) is 12.5 Å². The molecular formula is C26H21Cl3N4O2. The fraction of sp³-hybridized carbons (Fsp3) is 0.192. The van der Waals surface area contributed by atoms with Gasteiger partial charge in [0, 0.05) is 37.8 Å². The number of nitrogens with zero attached hydrogens (tertiary/aromatic N) is 4. The number of hydrogen-bond donors (Lipinski definition) is 0. The van der Waals surface area contributed by atoms with Crippen LogP contribution in [-0.4, -0.2) is 53.8 Å². The van der Waals surface area contributed by atoms with Gasteiger partial charge in [-0.2, -0.15) is 0 Å². The maximum Gasteiger partial charge on any atom is 0.260 e. The van der Waals surface area contributed by atoms with Crippen molar-refractivity contribution in [2.75, 3.05) is 37.7 Å². The molecule has 6 nitrogen and oxygen atoms in total. The average Bonchev–Trinajstić information content (AvgIpc) is 2.90. The Morgan fingerprint density at radius 2 is 1.57 bits per heavy atom. The molecule has 1 aliphatic rings. The molecule has 2 heterocycles. The molecule has 1 saturated heterocycles. The molecule has 5 rings (SSSR count). The predicted octanol–water partition coefficient (Wildman–Crippen LogP) is 5.98. The average molecular weight is 528 g/mol. The number of aromatic nitrogens is 2. The summed E-state index contributed by atoms with van der Waals surface area (Å²) in [5.74, 6) is 0.999. The second kappa shape index (κ2) is 10.3. The lowest BCUT2D eigenvalue weighted by Gasteiger charge is -2.35. The molecule has 3 aromatic carbocycles. The van der Waals surface area contributed by atoms with Crippen molar-refractivity contribution >= 4 is 57.3 Å². The number of carbonyl (C=O) groups excluding carboxylic acids is 1. The van der Waals surface area contributed by atoms with Crippen LogP contribution in [0.5, 0.6) is 5.75 Å². The smallest absolute Gasteiger partial charge is 0.260 e. The molecule has 178 valence electrons. The quantitative estimate of drug-likeness (QED) is 0.299. The summed E-state index contributed by atoms with van der Waals surface area (Å²) >= 11 is 18.1. The van der Waals surface area contributed by atoms with Gasteiger partial charge < -0.3 is 14.5 Å². The van der Waals surface area contributed by atoms with Gasteiger partial charge in [0.1, 0.15) is 5.75 Å². The van der Waals surface area contributed by atoms with Gasteiger partial charge in [0.05, 0.1) is 20.8 Å². The van der Waals surface area contributed by atoms with Crippen LogP contribution in [0.15, 0.2) is 66.7 Å². The van der Waals surface area contributed by atoms with Gasteiger partial charge >= 0.3 is 0 Å². The van der Waals surface area contributed by atoms with E-state index in [0.29, 0.717) is 47.0 Å². The van der Waals surface area contributed by atoms with Gasteiger partial charge in [-0.05, 0) is 29.0 Å². The number of rotatable bonds is 5. The Balaban J connectivity index is 1.19. The van der Waals surface area contributed by atoms with E-state index in [0.717, 1.165) is 22.5 Å². The molecule has 1 aromatic heterocycles. The molecule has 4 aromatic rings. The summed E-state index contributed by atoms with van der Waals surface area (Å²) in [6, 6.07) is 21.4. The Morgan fingerprint density at radius 1 is 0.829 bits per heavy atom. The summed E-state index contributed by atoms with van der Waals surface area (Å²) in [5, 5.41) is 12.2. The third-order valence-electron chi connectivity index (χ3n) is 6.00. The fourth-order valence-electron chi connectivity index (χ4n) is 4.12. The molecule has 0 spiro atoms. The molecular weight excluding hydrogens is 507 g/mol. The number of anilines is 1. The Hall–Kier alpha value is -3.06. The van der Waals surface area contributed by atoms with Gasteiger partial charge in [0.15, 0.2) is 12.4 Å². The standard InChI is InChI=1S/C26H21Cl3N4O2/c27-20-14-22(29)24(15-21(20)28)35-16-26(34)33-12-10-32(11-13-33)25-9-8-23(30-31-25)19-7-3-5-17-4-1-2-6-18(17)19/h1-9,14-15H,10-13,16H2. The molecule has 1 amide bonds. The highest BCUT2D eigenvalue weighted by Crippen LogP contribution is 2.34. The lowest BCUT2D eigenvalue weighted by Crippen LogP contribution is -2.50. The van der Waals surface area contributed by atoms with Gasteiger partial charge in [0.2, 0.25) is 0 Å². The van der Waals surface area contributed by atoms with E-state index < -0.39 is 0 Å². The molecule has 1 fully saturated rings. The van der Waals surface area contributed by atoms with Crippen molar-refractivity contribution in [1.29, 1.82) is 0 Å². The normalized spacial score (nSPS) is 13.8. The zero-order valence-corrected chi connectivity index (χ0v) is 20.9. The van der Waals surface area contributed by atoms with Crippen LogP contribution in [0.3, 0.4) is 0 Å². The van der Waals surface area contributed by atoms with Crippen LogP contribution in [-0.2, 0) is 4.79 Å². The van der Waals surface area contributed by atoms with Crippen molar-refractivity contribution in [3.8, 4) is 17.0 Å². The van der Waals surface area contributed by atoms with Crippen LogP contribution < -0.4 is 9.64 Å². The Bertz CT molecular complexity index is 1370. The molecule has 9 heteroatoms. The van der Waals surface area contributed by atoms with E-state index in [2.05, 4.69) is 39.4 Å². The molecule has 1 aliphatic heterocycles. The number of amides is 1. The SMILES string of the molecule is O=C(COc1cc(Cl)c(Cl)cc1Cl)N1CCN(c2ccc(-c3cccc4ccccc34)nn2)CC1. The first-order valence-electron chi connectivity index (χ1n) is 11.1. The van der Waals surface area contributed by atoms with E-state index in [1.54, 1.807) is 4.90 Å². The van der Waals surface area contributed by atoms with Crippen molar-refractivity contribution in [2.24, 2.45) is 0 Å². The Labute approximate surface area is 218 Å². The third-order valence-corrected chi connectivity index (χ3v) is 7.02. The summed E-state index contributed by atoms with van der Waals surface area (Å²) in [6.45, 7) is 2.30. The van der Waals surface area contributed by atoms with E-state index in [4.69, 9.17) is 39.5 Å². The van der Waals surface area contributed by atoms with E-state index in [1.165, 1.54) is 17.5 Å². The lowest BCUT2D eigenvalue weighted by molar-refractivity contribution is -0.133. The lowest BCUT2D eigenvalue weighted by atomic mass is 10.0. The van der Waals surface area contributed by atoms with Crippen LogP contribution in [0.25, 0.3) is 22.0 Å². The molecule has 0 bridgehead atoms. The van der Waals surface area contributed by atoms with Crippen LogP contribution in [0.2, 0.25) is 15.1 Å². The number of ether oxygens (including phenoxy) is 1. The highest BCUT2D eigenvalue weighted by atomic mass is 35.5. The van der Waals surface area contributed by atoms with Crippen molar-refractivity contribution in [1.82, 2.24) is 15.1 Å². The summed E-state index contributed by atoms with van der Waals surface area (Å²) in [7, 11) is 0. The third kappa shape index (κ3) is 5.15. The summed E-state index contributed by atoms with van der Waals surface area (Å²) in [6.07, 6.45) is 0. The van der Waals surface area contributed by atoms with E-state index in [9.17, 15) is 4.79 Å². The number of piperazine rings is 1. The first kappa shape index (κ1) is 23.7. The molecule has 0 aliphatic carbocycles. The van der Waals surface area contributed by atoms with Gasteiger partial charge in [-0.1, -0.05) is 77.3 Å². The minimum absolute atomic E-state index is 0.121. The first-order valence-corrected chi connectivity index (χ1v) is 12.2. The van der Waals surface area contributed by atoms with Crippen LogP contribution in [0, 0.1) is 0 Å². The van der Waals surface area contributed by atoms with Gasteiger partial charge in [-0.25, -0.2) is 0 Å². The van der Waals surface area contributed by atoms with Crippen molar-refractivity contribution in [2.45, 2.75) is 0 Å². The van der Waals surface area contributed by atoms with Gasteiger partial charge in [0.25, 0.3) is 5.91 Å². The summed E-state index contributed by atoms with van der Waals surface area (Å²) in [5.41, 5.74) is 1.89. The number of hydrogen-bond acceptors (Lipinski definition) is 5. The summed E-state index contributed by atoms with van der Waals surface area (Å²) < 4.78 is 5.58. The van der Waals surface area contributed by atoms with Crippen LogP contribution >= 0.6 is 34.8 Å². The summed E-state index contributed by atoms with van der Waals surface area (Å²) in [4.78, 5) is 16.5. The van der Waals surface area contributed by atoms with Crippen molar-refractivity contribution in [3.05, 3.63) is 81.8 Å². The molecule has 0 radical (unpaired) electrons. The highest BCUT2D eigenvalue weighted by molar-refractivity contribution is 6.43. The van der Waals surface area contributed by atoms with E-state index >= 15 is 0 Å². The molecule has 0 saturated carbocycles. The minimum atomic E-state index is -0.128. The van der Waals surface area contributed by atoms with Crippen molar-refractivity contribution < 1.29 is 9.53 Å². The topological polar surface area (TPSA) is 58.6 Å². The maximum atomic E-state index is 12.6. The second-order valence-corrected chi connectivity index (χ2v) is 9.38. The molecule has 35 heavy (non-hydrogen) atoms. The van der Waals surface area contributed by atoms with Crippen molar-refractivity contribution in [3.63, 3.8) is 0 Å². The Kier molecular flexibility index (Phi) is 6.95. The second-order valence-electron chi connectivity index (χ2n) is 8.16. The van der Waals surface area contributed by atoms with Gasteiger partial charge in [-0.3, -0.25) is 4.79 Å². The number of carbonyl (C=O) groups is 1. The van der Waals surface area contributed by atoms with E-state index in [1.807, 2.05) is 30.3 Å². The molecule has 0 unspecified atom stereocenters. The zero-order valence-electron chi connectivity index (χ0n) is 18.6. The Morgan fingerprint density at radius 3 is 2.34 bits per heavy atom. The predicted molar refractivity (Wildman–Crippen MR) is 141 cm³/mol. The molecule has 0 N–H and O–H groups in total. The highest BCUT2D eigenvalue weighted by Gasteiger charge is 2.23. The zero-order chi connectivity index (χ0) is 24.4. The first-order chi connectivity index (χ1) is 17.0. The number of fused-ring (bicyclic) bond motifs is 1. The molecule has 0 atom stereocenters.